The molecule has 0 aromatic rings. The molecule has 0 N–H and O–H groups in total. The van der Waals surface area contributed by atoms with Crippen LogP contribution in [0, 0.1) is 5.92 Å². The standard InChI is InChI=1S/C15H25NO2S/c1-12-3-5-13(6-4-12)11-15(17)16(2)14-7-9-19(18)10-8-14/h11-12,14H,3-10H2,1-2H3. The van der Waals surface area contributed by atoms with E-state index in [1.165, 1.54) is 18.4 Å². The molecule has 1 aliphatic heterocycles. The monoisotopic (exact) mass is 283 g/mol. The van der Waals surface area contributed by atoms with Crippen molar-refractivity contribution in [2.24, 2.45) is 5.92 Å². The number of carbonyl (C=O) groups excluding carboxylic acids is 1. The molecule has 0 radical (unpaired) electrons. The molecule has 1 saturated heterocycles. The summed E-state index contributed by atoms with van der Waals surface area (Å²) in [6.45, 7) is 2.28. The molecule has 0 bridgehead atoms. The van der Waals surface area contributed by atoms with E-state index in [1.807, 2.05) is 18.0 Å². The number of amides is 1. The molecule has 4 heteroatoms. The van der Waals surface area contributed by atoms with E-state index in [4.69, 9.17) is 0 Å². The van der Waals surface area contributed by atoms with E-state index < -0.39 is 10.8 Å². The second-order valence-electron chi connectivity index (χ2n) is 6.01. The number of hydrogen-bond donors (Lipinski definition) is 0. The summed E-state index contributed by atoms with van der Waals surface area (Å²) in [6.07, 6.45) is 8.21. The average Bonchev–Trinajstić information content (AvgIpc) is 2.41. The van der Waals surface area contributed by atoms with Crippen LogP contribution in [-0.4, -0.2) is 39.6 Å². The van der Waals surface area contributed by atoms with Gasteiger partial charge in [0.25, 0.3) is 0 Å². The first-order valence-corrected chi connectivity index (χ1v) is 8.86. The zero-order valence-corrected chi connectivity index (χ0v) is 12.9. The van der Waals surface area contributed by atoms with E-state index in [2.05, 4.69) is 6.92 Å². The number of likely N-dealkylation sites (N-methyl/N-ethyl adjacent to an activating group) is 1. The van der Waals surface area contributed by atoms with Gasteiger partial charge in [0.2, 0.25) is 5.91 Å². The average molecular weight is 283 g/mol. The van der Waals surface area contributed by atoms with Crippen LogP contribution in [0.1, 0.15) is 45.4 Å². The molecule has 1 amide bonds. The molecule has 0 aromatic carbocycles. The van der Waals surface area contributed by atoms with Crippen LogP contribution < -0.4 is 0 Å². The summed E-state index contributed by atoms with van der Waals surface area (Å²) in [5.41, 5.74) is 1.31. The van der Waals surface area contributed by atoms with Crippen molar-refractivity contribution in [3.8, 4) is 0 Å². The smallest absolute Gasteiger partial charge is 0.246 e. The first kappa shape index (κ1) is 14.8. The van der Waals surface area contributed by atoms with Gasteiger partial charge in [0, 0.05) is 41.5 Å². The summed E-state index contributed by atoms with van der Waals surface area (Å²) in [5, 5.41) is 0. The zero-order valence-electron chi connectivity index (χ0n) is 12.1. The van der Waals surface area contributed by atoms with Gasteiger partial charge in [-0.2, -0.15) is 0 Å². The Morgan fingerprint density at radius 1 is 1.21 bits per heavy atom. The Bertz CT molecular complexity index is 372. The maximum Gasteiger partial charge on any atom is 0.246 e. The van der Waals surface area contributed by atoms with E-state index in [0.717, 1.165) is 43.1 Å². The quantitative estimate of drug-likeness (QED) is 0.730. The predicted octanol–water partition coefficient (Wildman–Crippen LogP) is 2.49. The lowest BCUT2D eigenvalue weighted by atomic mass is 9.87. The van der Waals surface area contributed by atoms with Crippen LogP contribution in [0.5, 0.6) is 0 Å². The molecule has 0 atom stereocenters. The van der Waals surface area contributed by atoms with E-state index in [1.54, 1.807) is 0 Å². The lowest BCUT2D eigenvalue weighted by Gasteiger charge is -2.30. The van der Waals surface area contributed by atoms with Crippen LogP contribution in [-0.2, 0) is 15.6 Å². The van der Waals surface area contributed by atoms with E-state index in [0.29, 0.717) is 0 Å². The molecule has 1 saturated carbocycles. The highest BCUT2D eigenvalue weighted by molar-refractivity contribution is 7.85. The van der Waals surface area contributed by atoms with Crippen molar-refractivity contribution in [2.75, 3.05) is 18.6 Å². The van der Waals surface area contributed by atoms with Crippen LogP contribution in [0.3, 0.4) is 0 Å². The number of allylic oxidation sites excluding steroid dienone is 1. The molecule has 0 spiro atoms. The molecule has 3 nitrogen and oxygen atoms in total. The van der Waals surface area contributed by atoms with Crippen molar-refractivity contribution >= 4 is 16.7 Å². The highest BCUT2D eigenvalue weighted by Gasteiger charge is 2.24. The van der Waals surface area contributed by atoms with Crippen LogP contribution in [0.15, 0.2) is 11.6 Å². The Kier molecular flexibility index (Phi) is 5.20. The van der Waals surface area contributed by atoms with Gasteiger partial charge in [-0.05, 0) is 44.4 Å². The fraction of sp³-hybridized carbons (Fsp3) is 0.800. The number of rotatable bonds is 2. The molecule has 0 unspecified atom stereocenters. The van der Waals surface area contributed by atoms with Crippen molar-refractivity contribution in [1.82, 2.24) is 4.90 Å². The van der Waals surface area contributed by atoms with Crippen molar-refractivity contribution in [1.29, 1.82) is 0 Å². The van der Waals surface area contributed by atoms with Gasteiger partial charge >= 0.3 is 0 Å². The lowest BCUT2D eigenvalue weighted by Crippen LogP contribution is -2.40. The van der Waals surface area contributed by atoms with Gasteiger partial charge in [-0.1, -0.05) is 12.5 Å². The Labute approximate surface area is 118 Å². The van der Waals surface area contributed by atoms with Crippen LogP contribution >= 0.6 is 0 Å². The van der Waals surface area contributed by atoms with Gasteiger partial charge in [-0.3, -0.25) is 9.00 Å². The zero-order chi connectivity index (χ0) is 13.8. The van der Waals surface area contributed by atoms with Gasteiger partial charge < -0.3 is 4.90 Å². The molecule has 1 heterocycles. The molecular weight excluding hydrogens is 258 g/mol. The molecule has 19 heavy (non-hydrogen) atoms. The normalized spacial score (nSPS) is 31.9. The maximum atomic E-state index is 12.2. The Hall–Kier alpha value is -0.640. The van der Waals surface area contributed by atoms with Crippen molar-refractivity contribution in [3.63, 3.8) is 0 Å². The van der Waals surface area contributed by atoms with E-state index in [9.17, 15) is 9.00 Å². The molecule has 1 aliphatic carbocycles. The Morgan fingerprint density at radius 2 is 1.79 bits per heavy atom. The summed E-state index contributed by atoms with van der Waals surface area (Å²) in [5.74, 6) is 2.44. The summed E-state index contributed by atoms with van der Waals surface area (Å²) >= 11 is 0. The van der Waals surface area contributed by atoms with Crippen LogP contribution in [0.2, 0.25) is 0 Å². The first-order valence-electron chi connectivity index (χ1n) is 7.37. The Morgan fingerprint density at radius 3 is 2.37 bits per heavy atom. The minimum Gasteiger partial charge on any atom is -0.339 e. The van der Waals surface area contributed by atoms with Crippen molar-refractivity contribution in [2.45, 2.75) is 51.5 Å². The third-order valence-electron chi connectivity index (χ3n) is 4.50. The Balaban J connectivity index is 1.88. The topological polar surface area (TPSA) is 37.4 Å². The first-order chi connectivity index (χ1) is 9.06. The highest BCUT2D eigenvalue weighted by atomic mass is 32.2. The molecule has 2 aliphatic rings. The summed E-state index contributed by atoms with van der Waals surface area (Å²) < 4.78 is 11.3. The van der Waals surface area contributed by atoms with E-state index in [-0.39, 0.29) is 11.9 Å². The summed E-state index contributed by atoms with van der Waals surface area (Å²) in [7, 11) is 1.24. The second kappa shape index (κ2) is 6.69. The maximum absolute atomic E-state index is 12.2. The van der Waals surface area contributed by atoms with Gasteiger partial charge in [-0.15, -0.1) is 0 Å². The molecule has 108 valence electrons. The molecule has 0 aromatic heterocycles. The molecule has 2 fully saturated rings. The predicted molar refractivity (Wildman–Crippen MR) is 79.4 cm³/mol. The van der Waals surface area contributed by atoms with Gasteiger partial charge in [0.1, 0.15) is 0 Å². The fourth-order valence-corrected chi connectivity index (χ4v) is 4.18. The highest BCUT2D eigenvalue weighted by Crippen LogP contribution is 2.27. The van der Waals surface area contributed by atoms with Crippen LogP contribution in [0.25, 0.3) is 0 Å². The lowest BCUT2D eigenvalue weighted by molar-refractivity contribution is -0.127. The minimum absolute atomic E-state index is 0.141. The third-order valence-corrected chi connectivity index (χ3v) is 5.88. The third kappa shape index (κ3) is 4.16. The molecule has 2 rings (SSSR count). The van der Waals surface area contributed by atoms with Crippen molar-refractivity contribution in [3.05, 3.63) is 11.6 Å². The van der Waals surface area contributed by atoms with Crippen molar-refractivity contribution < 1.29 is 9.00 Å². The SMILES string of the molecule is CC1CCC(=CC(=O)N(C)C2CCS(=O)CC2)CC1. The fourth-order valence-electron chi connectivity index (χ4n) is 2.90. The summed E-state index contributed by atoms with van der Waals surface area (Å²) in [4.78, 5) is 14.1. The summed E-state index contributed by atoms with van der Waals surface area (Å²) in [6, 6.07) is 0.282. The largest absolute Gasteiger partial charge is 0.339 e. The minimum atomic E-state index is -0.654. The van der Waals surface area contributed by atoms with Gasteiger partial charge in [0.15, 0.2) is 0 Å². The molecular formula is C15H25NO2S. The van der Waals surface area contributed by atoms with E-state index >= 15 is 0 Å². The number of carbonyl (C=O) groups is 1. The van der Waals surface area contributed by atoms with Gasteiger partial charge in [0.05, 0.1) is 0 Å². The second-order valence-corrected chi connectivity index (χ2v) is 7.71. The van der Waals surface area contributed by atoms with Crippen LogP contribution in [0.4, 0.5) is 0 Å². The number of nitrogens with zero attached hydrogens (tertiary/aromatic N) is 1. The number of hydrogen-bond acceptors (Lipinski definition) is 2. The van der Waals surface area contributed by atoms with Gasteiger partial charge in [-0.25, -0.2) is 0 Å².